The molecule has 1 saturated carbocycles. The SMILES string of the molecule is COc1ccc(CCOC(=O)CN2C(=O)N[C@]3(CCCC[C@H]3C)C2=O)cc1. The maximum Gasteiger partial charge on any atom is 0.326 e. The van der Waals surface area contributed by atoms with Crippen molar-refractivity contribution >= 4 is 17.9 Å². The van der Waals surface area contributed by atoms with Crippen molar-refractivity contribution in [3.05, 3.63) is 29.8 Å². The van der Waals surface area contributed by atoms with Crippen molar-refractivity contribution in [3.63, 3.8) is 0 Å². The molecule has 1 aromatic rings. The van der Waals surface area contributed by atoms with E-state index in [0.717, 1.165) is 35.5 Å². The molecule has 0 radical (unpaired) electrons. The Hall–Kier alpha value is -2.57. The van der Waals surface area contributed by atoms with Gasteiger partial charge in [-0.25, -0.2) is 4.79 Å². The molecule has 2 fully saturated rings. The number of urea groups is 1. The molecular formula is C20H26N2O5. The van der Waals surface area contributed by atoms with Crippen molar-refractivity contribution in [2.75, 3.05) is 20.3 Å². The average Bonchev–Trinajstić information content (AvgIpc) is 2.90. The quantitative estimate of drug-likeness (QED) is 0.610. The molecule has 2 atom stereocenters. The molecule has 3 amide bonds. The van der Waals surface area contributed by atoms with Gasteiger partial charge in [0.25, 0.3) is 5.91 Å². The summed E-state index contributed by atoms with van der Waals surface area (Å²) >= 11 is 0. The summed E-state index contributed by atoms with van der Waals surface area (Å²) in [6.45, 7) is 1.83. The number of hydrogen-bond acceptors (Lipinski definition) is 5. The van der Waals surface area contributed by atoms with Crippen LogP contribution in [0.25, 0.3) is 0 Å². The van der Waals surface area contributed by atoms with Crippen molar-refractivity contribution in [1.82, 2.24) is 10.2 Å². The molecule has 146 valence electrons. The zero-order valence-corrected chi connectivity index (χ0v) is 15.8. The summed E-state index contributed by atoms with van der Waals surface area (Å²) in [5.74, 6) is -0.0432. The van der Waals surface area contributed by atoms with Gasteiger partial charge in [-0.15, -0.1) is 0 Å². The molecule has 1 aliphatic heterocycles. The third kappa shape index (κ3) is 3.91. The molecule has 3 rings (SSSR count). The number of amides is 3. The molecule has 1 aromatic carbocycles. The number of methoxy groups -OCH3 is 1. The summed E-state index contributed by atoms with van der Waals surface area (Å²) in [4.78, 5) is 38.2. The number of esters is 1. The summed E-state index contributed by atoms with van der Waals surface area (Å²) < 4.78 is 10.3. The van der Waals surface area contributed by atoms with E-state index in [9.17, 15) is 14.4 Å². The molecule has 1 saturated heterocycles. The van der Waals surface area contributed by atoms with Gasteiger partial charge in [-0.1, -0.05) is 31.9 Å². The lowest BCUT2D eigenvalue weighted by molar-refractivity contribution is -0.148. The number of nitrogens with zero attached hydrogens (tertiary/aromatic N) is 1. The van der Waals surface area contributed by atoms with Crippen LogP contribution in [0.2, 0.25) is 0 Å². The van der Waals surface area contributed by atoms with Gasteiger partial charge in [-0.2, -0.15) is 0 Å². The van der Waals surface area contributed by atoms with Gasteiger partial charge in [0.1, 0.15) is 17.8 Å². The lowest BCUT2D eigenvalue weighted by Crippen LogP contribution is -2.54. The van der Waals surface area contributed by atoms with Crippen LogP contribution < -0.4 is 10.1 Å². The molecule has 0 aromatic heterocycles. The fraction of sp³-hybridized carbons (Fsp3) is 0.550. The Kier molecular flexibility index (Phi) is 5.68. The highest BCUT2D eigenvalue weighted by Crippen LogP contribution is 2.38. The molecular weight excluding hydrogens is 348 g/mol. The van der Waals surface area contributed by atoms with Crippen LogP contribution in [-0.4, -0.2) is 48.6 Å². The first-order valence-corrected chi connectivity index (χ1v) is 9.39. The maximum atomic E-state index is 12.8. The number of hydrogen-bond donors (Lipinski definition) is 1. The van der Waals surface area contributed by atoms with Crippen molar-refractivity contribution in [3.8, 4) is 5.75 Å². The average molecular weight is 374 g/mol. The van der Waals surface area contributed by atoms with Crippen LogP contribution in [0, 0.1) is 5.92 Å². The Bertz CT molecular complexity index is 718. The van der Waals surface area contributed by atoms with Gasteiger partial charge in [0.15, 0.2) is 0 Å². The first-order chi connectivity index (χ1) is 13.0. The summed E-state index contributed by atoms with van der Waals surface area (Å²) in [6, 6.07) is 6.99. The Morgan fingerprint density at radius 1 is 1.26 bits per heavy atom. The molecule has 1 spiro atoms. The number of benzene rings is 1. The monoisotopic (exact) mass is 374 g/mol. The second-order valence-electron chi connectivity index (χ2n) is 7.26. The first kappa shape index (κ1) is 19.2. The highest BCUT2D eigenvalue weighted by atomic mass is 16.5. The smallest absolute Gasteiger partial charge is 0.326 e. The molecule has 1 heterocycles. The fourth-order valence-corrected chi connectivity index (χ4v) is 3.89. The molecule has 2 aliphatic rings. The van der Waals surface area contributed by atoms with E-state index in [-0.39, 0.29) is 25.0 Å². The summed E-state index contributed by atoms with van der Waals surface area (Å²) in [5, 5.41) is 2.83. The van der Waals surface area contributed by atoms with Crippen LogP contribution >= 0.6 is 0 Å². The van der Waals surface area contributed by atoms with Gasteiger partial charge >= 0.3 is 12.0 Å². The topological polar surface area (TPSA) is 84.9 Å². The van der Waals surface area contributed by atoms with Gasteiger partial charge in [0.2, 0.25) is 0 Å². The van der Waals surface area contributed by atoms with E-state index in [1.54, 1.807) is 7.11 Å². The van der Waals surface area contributed by atoms with Crippen LogP contribution in [0.3, 0.4) is 0 Å². The predicted octanol–water partition coefficient (Wildman–Crippen LogP) is 2.28. The number of imide groups is 1. The number of nitrogens with one attached hydrogen (secondary N) is 1. The van der Waals surface area contributed by atoms with Crippen LogP contribution in [0.15, 0.2) is 24.3 Å². The molecule has 7 heteroatoms. The second kappa shape index (κ2) is 7.98. The van der Waals surface area contributed by atoms with E-state index in [2.05, 4.69) is 5.32 Å². The van der Waals surface area contributed by atoms with E-state index in [4.69, 9.17) is 9.47 Å². The van der Waals surface area contributed by atoms with E-state index in [0.29, 0.717) is 12.8 Å². The summed E-state index contributed by atoms with van der Waals surface area (Å²) in [6.07, 6.45) is 4.03. The number of carbonyl (C=O) groups is 3. The van der Waals surface area contributed by atoms with Crippen LogP contribution in [0.4, 0.5) is 4.79 Å². The zero-order valence-electron chi connectivity index (χ0n) is 15.8. The van der Waals surface area contributed by atoms with E-state index >= 15 is 0 Å². The Morgan fingerprint density at radius 3 is 2.67 bits per heavy atom. The summed E-state index contributed by atoms with van der Waals surface area (Å²) in [5.41, 5.74) is 0.159. The third-order valence-electron chi connectivity index (χ3n) is 5.60. The maximum absolute atomic E-state index is 12.8. The Balaban J connectivity index is 1.51. The molecule has 1 N–H and O–H groups in total. The van der Waals surface area contributed by atoms with Crippen LogP contribution in [0.1, 0.15) is 38.2 Å². The highest BCUT2D eigenvalue weighted by Gasteiger charge is 2.55. The molecule has 7 nitrogen and oxygen atoms in total. The lowest BCUT2D eigenvalue weighted by Gasteiger charge is -2.36. The van der Waals surface area contributed by atoms with E-state index < -0.39 is 17.5 Å². The number of rotatable bonds is 6. The number of ether oxygens (including phenoxy) is 2. The van der Waals surface area contributed by atoms with Crippen molar-refractivity contribution < 1.29 is 23.9 Å². The standard InChI is InChI=1S/C20H26N2O5/c1-14-5-3-4-11-20(14)18(24)22(19(25)21-20)13-17(23)27-12-10-15-6-8-16(26-2)9-7-15/h6-9,14H,3-5,10-13H2,1-2H3,(H,21,25)/t14-,20+/m1/s1. The molecule has 0 bridgehead atoms. The Labute approximate surface area is 159 Å². The van der Waals surface area contributed by atoms with Crippen LogP contribution in [-0.2, 0) is 20.7 Å². The van der Waals surface area contributed by atoms with Gasteiger partial charge < -0.3 is 14.8 Å². The van der Waals surface area contributed by atoms with Gasteiger partial charge in [-0.05, 0) is 36.5 Å². The second-order valence-corrected chi connectivity index (χ2v) is 7.26. The van der Waals surface area contributed by atoms with Crippen molar-refractivity contribution in [1.29, 1.82) is 0 Å². The fourth-order valence-electron chi connectivity index (χ4n) is 3.89. The normalized spacial score (nSPS) is 24.8. The van der Waals surface area contributed by atoms with E-state index in [1.807, 2.05) is 31.2 Å². The third-order valence-corrected chi connectivity index (χ3v) is 5.60. The first-order valence-electron chi connectivity index (χ1n) is 9.39. The minimum Gasteiger partial charge on any atom is -0.497 e. The number of carbonyl (C=O) groups excluding carboxylic acids is 3. The van der Waals surface area contributed by atoms with Gasteiger partial charge in [0, 0.05) is 6.42 Å². The van der Waals surface area contributed by atoms with Gasteiger partial charge in [-0.3, -0.25) is 14.5 Å². The zero-order chi connectivity index (χ0) is 19.4. The molecule has 0 unspecified atom stereocenters. The Morgan fingerprint density at radius 2 is 2.00 bits per heavy atom. The lowest BCUT2D eigenvalue weighted by atomic mass is 9.73. The summed E-state index contributed by atoms with van der Waals surface area (Å²) in [7, 11) is 1.60. The largest absolute Gasteiger partial charge is 0.497 e. The minimum atomic E-state index is -0.849. The molecule has 27 heavy (non-hydrogen) atoms. The van der Waals surface area contributed by atoms with Crippen molar-refractivity contribution in [2.24, 2.45) is 5.92 Å². The van der Waals surface area contributed by atoms with E-state index in [1.165, 1.54) is 0 Å². The van der Waals surface area contributed by atoms with Gasteiger partial charge in [0.05, 0.1) is 13.7 Å². The predicted molar refractivity (Wildman–Crippen MR) is 98.3 cm³/mol. The van der Waals surface area contributed by atoms with Crippen molar-refractivity contribution in [2.45, 2.75) is 44.6 Å². The molecule has 1 aliphatic carbocycles. The van der Waals surface area contributed by atoms with Crippen LogP contribution in [0.5, 0.6) is 5.75 Å². The highest BCUT2D eigenvalue weighted by molar-refractivity contribution is 6.08. The minimum absolute atomic E-state index is 0.0683.